The van der Waals surface area contributed by atoms with Crippen molar-refractivity contribution < 1.29 is 14.3 Å². The lowest BCUT2D eigenvalue weighted by Gasteiger charge is -2.33. The summed E-state index contributed by atoms with van der Waals surface area (Å²) in [4.78, 5) is 16.9. The van der Waals surface area contributed by atoms with E-state index in [1.807, 2.05) is 35.2 Å². The summed E-state index contributed by atoms with van der Waals surface area (Å²) >= 11 is 0. The molecule has 0 aliphatic carbocycles. The molecule has 0 saturated carbocycles. The van der Waals surface area contributed by atoms with Gasteiger partial charge in [-0.25, -0.2) is 0 Å². The van der Waals surface area contributed by atoms with Crippen molar-refractivity contribution in [3.8, 4) is 5.75 Å². The molecule has 2 aliphatic heterocycles. The van der Waals surface area contributed by atoms with E-state index < -0.39 is 0 Å². The van der Waals surface area contributed by atoms with Crippen molar-refractivity contribution in [1.82, 2.24) is 9.80 Å². The van der Waals surface area contributed by atoms with E-state index in [0.29, 0.717) is 25.3 Å². The number of hydrogen-bond acceptors (Lipinski definition) is 4. The monoisotopic (exact) mass is 332 g/mol. The van der Waals surface area contributed by atoms with Gasteiger partial charge in [-0.15, -0.1) is 0 Å². The number of ether oxygens (including phenoxy) is 2. The maximum Gasteiger partial charge on any atom is 0.248 e. The normalized spacial score (nSPS) is 24.5. The van der Waals surface area contributed by atoms with Crippen molar-refractivity contribution in [3.05, 3.63) is 30.3 Å². The van der Waals surface area contributed by atoms with Gasteiger partial charge in [0.15, 0.2) is 0 Å². The summed E-state index contributed by atoms with van der Waals surface area (Å²) in [5, 5.41) is 0. The molecule has 132 valence electrons. The van der Waals surface area contributed by atoms with Crippen LogP contribution in [0.3, 0.4) is 0 Å². The van der Waals surface area contributed by atoms with Crippen LogP contribution in [0.15, 0.2) is 30.3 Å². The summed E-state index contributed by atoms with van der Waals surface area (Å²) in [6.07, 6.45) is 4.68. The fourth-order valence-electron chi connectivity index (χ4n) is 3.90. The molecule has 1 aromatic carbocycles. The molecule has 3 rings (SSSR count). The summed E-state index contributed by atoms with van der Waals surface area (Å²) < 4.78 is 11.1. The van der Waals surface area contributed by atoms with E-state index in [0.717, 1.165) is 31.7 Å². The van der Waals surface area contributed by atoms with E-state index in [4.69, 9.17) is 9.47 Å². The molecule has 0 bridgehead atoms. The molecule has 2 atom stereocenters. The maximum absolute atomic E-state index is 12.5. The summed E-state index contributed by atoms with van der Waals surface area (Å²) in [5.74, 6) is 0.953. The molecule has 1 amide bonds. The number of likely N-dealkylation sites (N-methyl/N-ethyl adjacent to an activating group) is 1. The molecule has 1 aromatic rings. The van der Waals surface area contributed by atoms with E-state index in [1.165, 1.54) is 12.8 Å². The second kappa shape index (κ2) is 8.49. The quantitative estimate of drug-likeness (QED) is 0.718. The molecule has 2 fully saturated rings. The molecule has 5 heteroatoms. The first kappa shape index (κ1) is 17.2. The third-order valence-corrected chi connectivity index (χ3v) is 5.11. The number of rotatable bonds is 7. The molecule has 2 aliphatic rings. The number of nitrogens with zero attached hydrogens (tertiary/aromatic N) is 2. The highest BCUT2D eigenvalue weighted by atomic mass is 16.5. The van der Waals surface area contributed by atoms with Crippen molar-refractivity contribution in [2.24, 2.45) is 0 Å². The lowest BCUT2D eigenvalue weighted by Crippen LogP contribution is -2.48. The number of hydrogen-bond donors (Lipinski definition) is 0. The van der Waals surface area contributed by atoms with E-state index in [-0.39, 0.29) is 12.5 Å². The fraction of sp³-hybridized carbons (Fsp3) is 0.632. The third-order valence-electron chi connectivity index (χ3n) is 5.11. The van der Waals surface area contributed by atoms with Gasteiger partial charge >= 0.3 is 0 Å². The predicted molar refractivity (Wildman–Crippen MR) is 93.1 cm³/mol. The van der Waals surface area contributed by atoms with Crippen molar-refractivity contribution in [2.45, 2.75) is 37.8 Å². The average Bonchev–Trinajstić information content (AvgIpc) is 3.23. The summed E-state index contributed by atoms with van der Waals surface area (Å²) in [5.41, 5.74) is 0. The molecule has 0 spiro atoms. The Morgan fingerprint density at radius 3 is 2.58 bits per heavy atom. The van der Waals surface area contributed by atoms with E-state index >= 15 is 0 Å². The Balaban J connectivity index is 1.38. The van der Waals surface area contributed by atoms with Crippen molar-refractivity contribution in [1.29, 1.82) is 0 Å². The Morgan fingerprint density at radius 1 is 1.08 bits per heavy atom. The van der Waals surface area contributed by atoms with Crippen LogP contribution in [0.25, 0.3) is 0 Å². The number of benzene rings is 1. The number of likely N-dealkylation sites (tertiary alicyclic amines) is 2. The van der Waals surface area contributed by atoms with Gasteiger partial charge in [-0.05, 0) is 51.4 Å². The molecule has 0 N–H and O–H groups in total. The van der Waals surface area contributed by atoms with Gasteiger partial charge in [0, 0.05) is 18.6 Å². The van der Waals surface area contributed by atoms with Gasteiger partial charge in [-0.3, -0.25) is 4.79 Å². The van der Waals surface area contributed by atoms with Crippen LogP contribution in [0.5, 0.6) is 5.75 Å². The number of carbonyl (C=O) groups excluding carboxylic acids is 1. The first-order valence-electron chi connectivity index (χ1n) is 9.01. The van der Waals surface area contributed by atoms with Gasteiger partial charge in [0.25, 0.3) is 0 Å². The zero-order chi connectivity index (χ0) is 16.8. The summed E-state index contributed by atoms with van der Waals surface area (Å²) in [7, 11) is 2.18. The average molecular weight is 332 g/mol. The largest absolute Gasteiger partial charge is 0.491 e. The Morgan fingerprint density at radius 2 is 1.83 bits per heavy atom. The summed E-state index contributed by atoms with van der Waals surface area (Å²) in [6.45, 7) is 3.08. The molecular formula is C19H28N2O3. The Labute approximate surface area is 144 Å². The summed E-state index contributed by atoms with van der Waals surface area (Å²) in [6, 6.07) is 10.6. The molecule has 5 nitrogen and oxygen atoms in total. The Kier molecular flexibility index (Phi) is 6.10. The van der Waals surface area contributed by atoms with Gasteiger partial charge < -0.3 is 19.3 Å². The predicted octanol–water partition coefficient (Wildman–Crippen LogP) is 2.17. The lowest BCUT2D eigenvalue weighted by atomic mass is 10.0. The van der Waals surface area contributed by atoms with Crippen molar-refractivity contribution in [3.63, 3.8) is 0 Å². The third kappa shape index (κ3) is 4.28. The van der Waals surface area contributed by atoms with Crippen LogP contribution in [0.2, 0.25) is 0 Å². The van der Waals surface area contributed by atoms with Gasteiger partial charge in [0.2, 0.25) is 5.91 Å². The van der Waals surface area contributed by atoms with Gasteiger partial charge in [0.05, 0.1) is 6.61 Å². The van der Waals surface area contributed by atoms with Crippen molar-refractivity contribution in [2.75, 3.05) is 40.0 Å². The van der Waals surface area contributed by atoms with Crippen molar-refractivity contribution >= 4 is 5.91 Å². The minimum absolute atomic E-state index is 0.123. The van der Waals surface area contributed by atoms with Crippen LogP contribution in [0.4, 0.5) is 0 Å². The smallest absolute Gasteiger partial charge is 0.248 e. The highest BCUT2D eigenvalue weighted by Gasteiger charge is 2.38. The van der Waals surface area contributed by atoms with Crippen LogP contribution >= 0.6 is 0 Å². The SMILES string of the molecule is CN1CCC[C@@H]1[C@@H]1CCCN1C(=O)COCCOc1ccccc1. The minimum Gasteiger partial charge on any atom is -0.491 e. The molecule has 0 unspecified atom stereocenters. The first-order chi connectivity index (χ1) is 11.8. The van der Waals surface area contributed by atoms with E-state index in [9.17, 15) is 4.79 Å². The Hall–Kier alpha value is -1.59. The Bertz CT molecular complexity index is 523. The minimum atomic E-state index is 0.123. The standard InChI is InChI=1S/C19H28N2O3/c1-20-11-5-9-17(20)18-10-6-12-21(18)19(22)15-23-13-14-24-16-7-3-2-4-8-16/h2-4,7-8,17-18H,5-6,9-15H2,1H3/t17-,18+/m1/s1. The van der Waals surface area contributed by atoms with Crippen LogP contribution in [0.1, 0.15) is 25.7 Å². The molecule has 2 heterocycles. The highest BCUT2D eigenvalue weighted by molar-refractivity contribution is 5.78. The van der Waals surface area contributed by atoms with Gasteiger partial charge in [-0.1, -0.05) is 18.2 Å². The van der Waals surface area contributed by atoms with E-state index in [2.05, 4.69) is 11.9 Å². The van der Waals surface area contributed by atoms with Crippen LogP contribution in [-0.2, 0) is 9.53 Å². The topological polar surface area (TPSA) is 42.0 Å². The fourth-order valence-corrected chi connectivity index (χ4v) is 3.90. The zero-order valence-electron chi connectivity index (χ0n) is 14.5. The van der Waals surface area contributed by atoms with E-state index in [1.54, 1.807) is 0 Å². The van der Waals surface area contributed by atoms with Gasteiger partial charge in [-0.2, -0.15) is 0 Å². The lowest BCUT2D eigenvalue weighted by molar-refractivity contribution is -0.138. The first-order valence-corrected chi connectivity index (χ1v) is 9.01. The van der Waals surface area contributed by atoms with Crippen LogP contribution in [0, 0.1) is 0 Å². The molecule has 24 heavy (non-hydrogen) atoms. The molecule has 0 aromatic heterocycles. The van der Waals surface area contributed by atoms with Gasteiger partial charge in [0.1, 0.15) is 19.0 Å². The molecule has 2 saturated heterocycles. The van der Waals surface area contributed by atoms with Crippen LogP contribution in [-0.4, -0.2) is 67.7 Å². The number of para-hydroxylation sites is 1. The second-order valence-corrected chi connectivity index (χ2v) is 6.70. The highest BCUT2D eigenvalue weighted by Crippen LogP contribution is 2.29. The number of amides is 1. The zero-order valence-corrected chi connectivity index (χ0v) is 14.5. The molecule has 0 radical (unpaired) electrons. The molecular weight excluding hydrogens is 304 g/mol. The maximum atomic E-state index is 12.5. The van der Waals surface area contributed by atoms with Crippen LogP contribution < -0.4 is 4.74 Å². The number of carbonyl (C=O) groups is 1. The second-order valence-electron chi connectivity index (χ2n) is 6.70.